The van der Waals surface area contributed by atoms with E-state index in [-0.39, 0.29) is 12.4 Å². The summed E-state index contributed by atoms with van der Waals surface area (Å²) in [6, 6.07) is 0. The monoisotopic (exact) mass is 248 g/mol. The molecular weight excluding hydrogens is 238 g/mol. The van der Waals surface area contributed by atoms with Crippen molar-refractivity contribution in [2.45, 2.75) is 10.1 Å². The van der Waals surface area contributed by atoms with Gasteiger partial charge in [-0.3, -0.25) is 5.41 Å². The first kappa shape index (κ1) is 13.3. The SMILES string of the molecule is COC(CNC(=N)C(Cl)(Cl)Cl)OC. The highest BCUT2D eigenvalue weighted by Crippen LogP contribution is 2.25. The van der Waals surface area contributed by atoms with Crippen LogP contribution >= 0.6 is 34.8 Å². The lowest BCUT2D eigenvalue weighted by Crippen LogP contribution is -2.39. The Morgan fingerprint density at radius 3 is 2.15 bits per heavy atom. The van der Waals surface area contributed by atoms with Gasteiger partial charge in [0, 0.05) is 14.2 Å². The molecule has 0 aromatic carbocycles. The zero-order valence-corrected chi connectivity index (χ0v) is 9.50. The van der Waals surface area contributed by atoms with Gasteiger partial charge in [0.25, 0.3) is 0 Å². The highest BCUT2D eigenvalue weighted by molar-refractivity contribution is 6.76. The zero-order chi connectivity index (χ0) is 10.5. The number of amidine groups is 1. The fourth-order valence-corrected chi connectivity index (χ4v) is 0.749. The van der Waals surface area contributed by atoms with Gasteiger partial charge in [0.15, 0.2) is 6.29 Å². The Morgan fingerprint density at radius 2 is 1.85 bits per heavy atom. The van der Waals surface area contributed by atoms with Gasteiger partial charge >= 0.3 is 0 Å². The Bertz CT molecular complexity index is 168. The molecule has 0 unspecified atom stereocenters. The lowest BCUT2D eigenvalue weighted by molar-refractivity contribution is -0.0965. The van der Waals surface area contributed by atoms with Crippen molar-refractivity contribution in [3.05, 3.63) is 0 Å². The second-order valence-corrected chi connectivity index (χ2v) is 4.44. The topological polar surface area (TPSA) is 54.3 Å². The van der Waals surface area contributed by atoms with Crippen LogP contribution < -0.4 is 5.32 Å². The molecule has 0 fully saturated rings. The Balaban J connectivity index is 3.82. The van der Waals surface area contributed by atoms with Crippen LogP contribution in [-0.4, -0.2) is 36.7 Å². The number of ether oxygens (including phenoxy) is 2. The van der Waals surface area contributed by atoms with Crippen LogP contribution in [0.4, 0.5) is 0 Å². The maximum atomic E-state index is 7.27. The molecule has 0 spiro atoms. The number of alkyl halides is 3. The summed E-state index contributed by atoms with van der Waals surface area (Å²) in [6.07, 6.45) is -0.465. The van der Waals surface area contributed by atoms with E-state index in [1.165, 1.54) is 14.2 Å². The van der Waals surface area contributed by atoms with Gasteiger partial charge in [0.1, 0.15) is 5.84 Å². The number of hydrogen-bond acceptors (Lipinski definition) is 3. The molecule has 0 aliphatic carbocycles. The van der Waals surface area contributed by atoms with Crippen LogP contribution in [0.1, 0.15) is 0 Å². The van der Waals surface area contributed by atoms with Crippen molar-refractivity contribution in [2.24, 2.45) is 0 Å². The number of rotatable bonds is 4. The van der Waals surface area contributed by atoms with E-state index < -0.39 is 10.1 Å². The maximum absolute atomic E-state index is 7.27. The summed E-state index contributed by atoms with van der Waals surface area (Å²) in [5.74, 6) is -0.211. The van der Waals surface area contributed by atoms with E-state index in [4.69, 9.17) is 49.7 Å². The van der Waals surface area contributed by atoms with Gasteiger partial charge in [-0.1, -0.05) is 34.8 Å². The van der Waals surface area contributed by atoms with Crippen molar-refractivity contribution in [2.75, 3.05) is 20.8 Å². The molecule has 7 heteroatoms. The van der Waals surface area contributed by atoms with Crippen LogP contribution in [0, 0.1) is 5.41 Å². The first-order chi connectivity index (χ1) is 5.91. The average molecular weight is 250 g/mol. The molecule has 0 aromatic rings. The van der Waals surface area contributed by atoms with Crippen molar-refractivity contribution in [3.8, 4) is 0 Å². The van der Waals surface area contributed by atoms with Crippen LogP contribution in [0.5, 0.6) is 0 Å². The van der Waals surface area contributed by atoms with Crippen molar-refractivity contribution in [3.63, 3.8) is 0 Å². The van der Waals surface area contributed by atoms with Crippen molar-refractivity contribution < 1.29 is 9.47 Å². The van der Waals surface area contributed by atoms with Gasteiger partial charge in [0.05, 0.1) is 6.54 Å². The maximum Gasteiger partial charge on any atom is 0.247 e. The van der Waals surface area contributed by atoms with Gasteiger partial charge in [-0.05, 0) is 0 Å². The van der Waals surface area contributed by atoms with E-state index >= 15 is 0 Å². The molecule has 78 valence electrons. The quantitative estimate of drug-likeness (QED) is 0.344. The molecule has 0 aromatic heterocycles. The number of methoxy groups -OCH3 is 2. The summed E-state index contributed by atoms with van der Waals surface area (Å²) in [4.78, 5) is 0. The van der Waals surface area contributed by atoms with E-state index in [2.05, 4.69) is 5.32 Å². The molecule has 13 heavy (non-hydrogen) atoms. The molecule has 0 bridgehead atoms. The van der Waals surface area contributed by atoms with Crippen molar-refractivity contribution >= 4 is 40.6 Å². The van der Waals surface area contributed by atoms with E-state index in [1.54, 1.807) is 0 Å². The molecule has 0 heterocycles. The van der Waals surface area contributed by atoms with Crippen LogP contribution in [0.2, 0.25) is 0 Å². The number of halogens is 3. The molecule has 0 rings (SSSR count). The van der Waals surface area contributed by atoms with Gasteiger partial charge in [0.2, 0.25) is 3.79 Å². The Hall–Kier alpha value is 0.260. The lowest BCUT2D eigenvalue weighted by atomic mass is 10.5. The predicted molar refractivity (Wildman–Crippen MR) is 53.8 cm³/mol. The summed E-state index contributed by atoms with van der Waals surface area (Å²) in [5, 5.41) is 9.83. The van der Waals surface area contributed by atoms with Gasteiger partial charge < -0.3 is 14.8 Å². The Labute approximate surface area is 91.9 Å². The van der Waals surface area contributed by atoms with Crippen LogP contribution in [0.25, 0.3) is 0 Å². The average Bonchev–Trinajstić information content (AvgIpc) is 2.04. The smallest absolute Gasteiger partial charge is 0.247 e. The van der Waals surface area contributed by atoms with Crippen LogP contribution in [0.3, 0.4) is 0 Å². The standard InChI is InChI=1S/C6H11Cl3N2O2/c1-12-4(13-2)3-11-5(10)6(7,8)9/h4H,3H2,1-2H3,(H2,10,11). The minimum Gasteiger partial charge on any atom is -0.365 e. The third kappa shape index (κ3) is 5.54. The van der Waals surface area contributed by atoms with Gasteiger partial charge in [-0.25, -0.2) is 0 Å². The van der Waals surface area contributed by atoms with E-state index in [0.717, 1.165) is 0 Å². The lowest BCUT2D eigenvalue weighted by Gasteiger charge is -2.18. The molecule has 0 saturated carbocycles. The molecule has 0 atom stereocenters. The molecule has 0 saturated heterocycles. The first-order valence-corrected chi connectivity index (χ1v) is 4.50. The molecule has 0 aliphatic heterocycles. The molecule has 0 aliphatic rings. The third-order valence-corrected chi connectivity index (χ3v) is 1.82. The van der Waals surface area contributed by atoms with Crippen LogP contribution in [0.15, 0.2) is 0 Å². The fraction of sp³-hybridized carbons (Fsp3) is 0.833. The molecule has 4 nitrogen and oxygen atoms in total. The minimum absolute atomic E-state index is 0.211. The van der Waals surface area contributed by atoms with Gasteiger partial charge in [-0.15, -0.1) is 0 Å². The highest BCUT2D eigenvalue weighted by atomic mass is 35.6. The summed E-state index contributed by atoms with van der Waals surface area (Å²) in [6.45, 7) is 0.250. The number of hydrogen-bond donors (Lipinski definition) is 2. The molecular formula is C6H11Cl3N2O2. The molecule has 0 amide bonds. The predicted octanol–water partition coefficient (Wildman–Crippen LogP) is 1.54. The largest absolute Gasteiger partial charge is 0.365 e. The first-order valence-electron chi connectivity index (χ1n) is 3.37. The number of nitrogens with one attached hydrogen (secondary N) is 2. The zero-order valence-electron chi connectivity index (χ0n) is 7.23. The van der Waals surface area contributed by atoms with Crippen LogP contribution in [-0.2, 0) is 9.47 Å². The third-order valence-electron chi connectivity index (χ3n) is 1.25. The molecule has 0 radical (unpaired) electrons. The Morgan fingerprint density at radius 1 is 1.38 bits per heavy atom. The van der Waals surface area contributed by atoms with Crippen molar-refractivity contribution in [1.82, 2.24) is 5.32 Å². The summed E-state index contributed by atoms with van der Waals surface area (Å²) >= 11 is 16.2. The normalized spacial score (nSPS) is 11.8. The summed E-state index contributed by atoms with van der Waals surface area (Å²) in [7, 11) is 2.96. The second-order valence-electron chi connectivity index (χ2n) is 2.15. The fourth-order valence-electron chi connectivity index (χ4n) is 0.549. The highest BCUT2D eigenvalue weighted by Gasteiger charge is 2.26. The second kappa shape index (κ2) is 5.88. The van der Waals surface area contributed by atoms with E-state index in [1.807, 2.05) is 0 Å². The van der Waals surface area contributed by atoms with E-state index in [0.29, 0.717) is 0 Å². The Kier molecular flexibility index (Phi) is 6.00. The van der Waals surface area contributed by atoms with Gasteiger partial charge in [-0.2, -0.15) is 0 Å². The molecule has 2 N–H and O–H groups in total. The summed E-state index contributed by atoms with van der Waals surface area (Å²) < 4.78 is 7.97. The summed E-state index contributed by atoms with van der Waals surface area (Å²) in [5.41, 5.74) is 0. The van der Waals surface area contributed by atoms with Crippen molar-refractivity contribution in [1.29, 1.82) is 5.41 Å². The minimum atomic E-state index is -1.73. The van der Waals surface area contributed by atoms with E-state index in [9.17, 15) is 0 Å².